The summed E-state index contributed by atoms with van der Waals surface area (Å²) < 4.78 is 1.03. The van der Waals surface area contributed by atoms with Gasteiger partial charge in [-0.15, -0.1) is 0 Å². The molecule has 0 bridgehead atoms. The minimum Gasteiger partial charge on any atom is -0.398 e. The molecule has 0 spiro atoms. The van der Waals surface area contributed by atoms with Crippen LogP contribution in [0.15, 0.2) is 40.9 Å². The van der Waals surface area contributed by atoms with Crippen LogP contribution in [0.4, 0.5) is 11.4 Å². The summed E-state index contributed by atoms with van der Waals surface area (Å²) in [6.07, 6.45) is 1.18. The van der Waals surface area contributed by atoms with Gasteiger partial charge < -0.3 is 11.1 Å². The molecule has 0 aliphatic heterocycles. The molecule has 3 rings (SSSR count). The molecule has 0 saturated heterocycles. The van der Waals surface area contributed by atoms with E-state index >= 15 is 0 Å². The molecule has 0 saturated carbocycles. The lowest BCUT2D eigenvalue weighted by Crippen LogP contribution is -2.24. The van der Waals surface area contributed by atoms with Crippen molar-refractivity contribution in [3.8, 4) is 0 Å². The molecule has 1 unspecified atom stereocenters. The van der Waals surface area contributed by atoms with E-state index in [4.69, 9.17) is 5.73 Å². The normalized spacial score (nSPS) is 16.6. The summed E-state index contributed by atoms with van der Waals surface area (Å²) in [6, 6.07) is 12.7. The van der Waals surface area contributed by atoms with Crippen molar-refractivity contribution in [2.24, 2.45) is 0 Å². The van der Waals surface area contributed by atoms with E-state index in [0.717, 1.165) is 28.0 Å². The average Bonchev–Trinajstić information content (AvgIpc) is 2.36. The fourth-order valence-corrected chi connectivity index (χ4v) is 3.11. The number of anilines is 2. The monoisotopic (exact) mass is 316 g/mol. The largest absolute Gasteiger partial charge is 0.398 e. The number of halogens is 1. The first-order valence-electron chi connectivity index (χ1n) is 6.52. The van der Waals surface area contributed by atoms with Gasteiger partial charge in [0.1, 0.15) is 0 Å². The van der Waals surface area contributed by atoms with Crippen LogP contribution in [0.5, 0.6) is 0 Å². The lowest BCUT2D eigenvalue weighted by atomic mass is 9.77. The number of nitrogens with one attached hydrogen (secondary N) is 1. The van der Waals surface area contributed by atoms with E-state index in [1.165, 1.54) is 17.5 Å². The van der Waals surface area contributed by atoms with Gasteiger partial charge in [-0.1, -0.05) is 24.3 Å². The van der Waals surface area contributed by atoms with Gasteiger partial charge in [0.05, 0.1) is 0 Å². The van der Waals surface area contributed by atoms with Crippen LogP contribution in [0, 0.1) is 6.92 Å². The zero-order valence-corrected chi connectivity index (χ0v) is 12.5. The lowest BCUT2D eigenvalue weighted by Gasteiger charge is -2.30. The second-order valence-corrected chi connectivity index (χ2v) is 6.02. The van der Waals surface area contributed by atoms with E-state index < -0.39 is 0 Å². The van der Waals surface area contributed by atoms with Gasteiger partial charge in [0.25, 0.3) is 0 Å². The van der Waals surface area contributed by atoms with Crippen LogP contribution in [0.25, 0.3) is 0 Å². The Balaban J connectivity index is 1.70. The van der Waals surface area contributed by atoms with Gasteiger partial charge >= 0.3 is 0 Å². The van der Waals surface area contributed by atoms with Crippen LogP contribution in [0.1, 0.15) is 22.6 Å². The molecule has 2 aromatic rings. The fraction of sp³-hybridized carbons (Fsp3) is 0.250. The summed E-state index contributed by atoms with van der Waals surface area (Å²) in [4.78, 5) is 0. The van der Waals surface area contributed by atoms with Crippen molar-refractivity contribution in [1.29, 1.82) is 0 Å². The number of hydrogen-bond donors (Lipinski definition) is 2. The van der Waals surface area contributed by atoms with Gasteiger partial charge in [0.2, 0.25) is 0 Å². The van der Waals surface area contributed by atoms with Gasteiger partial charge in [-0.05, 0) is 58.1 Å². The smallest absolute Gasteiger partial charge is 0.0489 e. The van der Waals surface area contributed by atoms with Gasteiger partial charge in [-0.2, -0.15) is 0 Å². The highest BCUT2D eigenvalue weighted by molar-refractivity contribution is 9.10. The third-order valence-corrected chi connectivity index (χ3v) is 4.51. The highest BCUT2D eigenvalue weighted by atomic mass is 79.9. The first kappa shape index (κ1) is 12.5. The van der Waals surface area contributed by atoms with Crippen LogP contribution < -0.4 is 11.1 Å². The van der Waals surface area contributed by atoms with Crippen molar-refractivity contribution in [3.63, 3.8) is 0 Å². The third-order valence-electron chi connectivity index (χ3n) is 3.86. The standard InChI is InChI=1S/C16H17BrN2/c1-10-6-16(14(17)8-15(10)18)19-9-12-7-11-4-2-3-5-13(11)12/h2-6,8,12,19H,7,9,18H2,1H3. The van der Waals surface area contributed by atoms with Gasteiger partial charge in [0.15, 0.2) is 0 Å². The summed E-state index contributed by atoms with van der Waals surface area (Å²) >= 11 is 3.56. The molecule has 1 aliphatic rings. The van der Waals surface area contributed by atoms with E-state index in [-0.39, 0.29) is 0 Å². The summed E-state index contributed by atoms with van der Waals surface area (Å²) in [7, 11) is 0. The second-order valence-electron chi connectivity index (χ2n) is 5.17. The first-order valence-corrected chi connectivity index (χ1v) is 7.31. The second kappa shape index (κ2) is 4.89. The van der Waals surface area contributed by atoms with Crippen molar-refractivity contribution in [2.75, 3.05) is 17.6 Å². The molecule has 19 heavy (non-hydrogen) atoms. The average molecular weight is 317 g/mol. The topological polar surface area (TPSA) is 38.0 Å². The number of nitrogens with two attached hydrogens (primary N) is 1. The number of benzene rings is 2. The highest BCUT2D eigenvalue weighted by Crippen LogP contribution is 2.35. The van der Waals surface area contributed by atoms with Crippen molar-refractivity contribution in [3.05, 3.63) is 57.6 Å². The summed E-state index contributed by atoms with van der Waals surface area (Å²) in [5.41, 5.74) is 11.9. The SMILES string of the molecule is Cc1cc(NCC2Cc3ccccc32)c(Br)cc1N. The van der Waals surface area contributed by atoms with E-state index in [1.807, 2.05) is 13.0 Å². The Labute approximate surface area is 122 Å². The quantitative estimate of drug-likeness (QED) is 0.837. The number of aryl methyl sites for hydroxylation is 1. The summed E-state index contributed by atoms with van der Waals surface area (Å²) in [5, 5.41) is 3.52. The van der Waals surface area contributed by atoms with Crippen LogP contribution in [-0.2, 0) is 6.42 Å². The Bertz CT molecular complexity index is 622. The molecule has 0 fully saturated rings. The van der Waals surface area contributed by atoms with E-state index in [0.29, 0.717) is 5.92 Å². The molecule has 98 valence electrons. The van der Waals surface area contributed by atoms with Crippen LogP contribution in [0.3, 0.4) is 0 Å². The maximum Gasteiger partial charge on any atom is 0.0489 e. The molecule has 2 aromatic carbocycles. The highest BCUT2D eigenvalue weighted by Gasteiger charge is 2.24. The third kappa shape index (κ3) is 2.35. The first-order chi connectivity index (χ1) is 9.15. The maximum absolute atomic E-state index is 5.89. The Morgan fingerprint density at radius 2 is 2.11 bits per heavy atom. The molecule has 0 aromatic heterocycles. The number of rotatable bonds is 3. The van der Waals surface area contributed by atoms with Crippen molar-refractivity contribution in [2.45, 2.75) is 19.3 Å². The Morgan fingerprint density at radius 1 is 1.32 bits per heavy atom. The van der Waals surface area contributed by atoms with E-state index in [9.17, 15) is 0 Å². The Kier molecular flexibility index (Phi) is 3.23. The van der Waals surface area contributed by atoms with Crippen LogP contribution >= 0.6 is 15.9 Å². The lowest BCUT2D eigenvalue weighted by molar-refractivity contribution is 0.635. The molecular weight excluding hydrogens is 300 g/mol. The van der Waals surface area contributed by atoms with Gasteiger partial charge in [-0.25, -0.2) is 0 Å². The van der Waals surface area contributed by atoms with Crippen LogP contribution in [0.2, 0.25) is 0 Å². The Morgan fingerprint density at radius 3 is 2.89 bits per heavy atom. The zero-order valence-electron chi connectivity index (χ0n) is 10.9. The maximum atomic E-state index is 5.89. The van der Waals surface area contributed by atoms with Gasteiger partial charge in [0, 0.05) is 28.3 Å². The number of nitrogen functional groups attached to an aromatic ring is 1. The molecule has 3 heteroatoms. The van der Waals surface area contributed by atoms with Crippen molar-refractivity contribution >= 4 is 27.3 Å². The Hall–Kier alpha value is -1.48. The predicted octanol–water partition coefficient (Wildman–Crippen LogP) is 4.09. The zero-order chi connectivity index (χ0) is 13.4. The molecule has 3 N–H and O–H groups in total. The minimum atomic E-state index is 0.626. The van der Waals surface area contributed by atoms with Crippen molar-refractivity contribution < 1.29 is 0 Å². The number of hydrogen-bond acceptors (Lipinski definition) is 2. The summed E-state index contributed by atoms with van der Waals surface area (Å²) in [5.74, 6) is 0.626. The summed E-state index contributed by atoms with van der Waals surface area (Å²) in [6.45, 7) is 3.00. The van der Waals surface area contributed by atoms with Crippen LogP contribution in [-0.4, -0.2) is 6.54 Å². The fourth-order valence-electron chi connectivity index (χ4n) is 2.61. The molecule has 0 amide bonds. The molecular formula is C16H17BrN2. The van der Waals surface area contributed by atoms with E-state index in [1.54, 1.807) is 0 Å². The molecule has 0 heterocycles. The van der Waals surface area contributed by atoms with E-state index in [2.05, 4.69) is 51.6 Å². The van der Waals surface area contributed by atoms with Gasteiger partial charge in [-0.3, -0.25) is 0 Å². The molecule has 0 radical (unpaired) electrons. The predicted molar refractivity (Wildman–Crippen MR) is 84.7 cm³/mol. The molecule has 1 atom stereocenters. The molecule has 1 aliphatic carbocycles. The van der Waals surface area contributed by atoms with Crippen molar-refractivity contribution in [1.82, 2.24) is 0 Å². The minimum absolute atomic E-state index is 0.626. The molecule has 2 nitrogen and oxygen atoms in total. The number of fused-ring (bicyclic) bond motifs is 1.